The van der Waals surface area contributed by atoms with Crippen molar-refractivity contribution in [3.8, 4) is 6.07 Å². The van der Waals surface area contributed by atoms with Crippen LogP contribution >= 0.6 is 0 Å². The van der Waals surface area contributed by atoms with Gasteiger partial charge in [-0.15, -0.1) is 5.10 Å². The third kappa shape index (κ3) is 2.86. The Morgan fingerprint density at radius 3 is 2.81 bits per heavy atom. The van der Waals surface area contributed by atoms with E-state index in [4.69, 9.17) is 9.72 Å². The minimum absolute atomic E-state index is 0.549. The lowest BCUT2D eigenvalue weighted by Gasteiger charge is -2.36. The van der Waals surface area contributed by atoms with E-state index in [0.29, 0.717) is 18.8 Å². The average molecular weight is 361 g/mol. The second-order valence-corrected chi connectivity index (χ2v) is 6.78. The zero-order valence-electron chi connectivity index (χ0n) is 14.9. The van der Waals surface area contributed by atoms with Crippen LogP contribution in [-0.4, -0.2) is 52.4 Å². The van der Waals surface area contributed by atoms with Gasteiger partial charge in [-0.05, 0) is 18.2 Å². The van der Waals surface area contributed by atoms with E-state index in [1.807, 2.05) is 24.4 Å². The highest BCUT2D eigenvalue weighted by Gasteiger charge is 2.24. The summed E-state index contributed by atoms with van der Waals surface area (Å²) in [5.41, 5.74) is 3.58. The number of fused-ring (bicyclic) bond motifs is 2. The molecule has 1 fully saturated rings. The molecule has 0 aliphatic carbocycles. The molecule has 27 heavy (non-hydrogen) atoms. The van der Waals surface area contributed by atoms with E-state index < -0.39 is 0 Å². The highest BCUT2D eigenvalue weighted by molar-refractivity contribution is 5.57. The molecular formula is C19H19N7O. The van der Waals surface area contributed by atoms with Gasteiger partial charge in [-0.25, -0.2) is 14.5 Å². The Morgan fingerprint density at radius 2 is 1.96 bits per heavy atom. The number of hydrogen-bond donors (Lipinski definition) is 0. The van der Waals surface area contributed by atoms with Gasteiger partial charge >= 0.3 is 0 Å². The van der Waals surface area contributed by atoms with E-state index >= 15 is 0 Å². The third-order valence-electron chi connectivity index (χ3n) is 5.18. The third-order valence-corrected chi connectivity index (χ3v) is 5.18. The van der Waals surface area contributed by atoms with Crippen LogP contribution in [0.2, 0.25) is 0 Å². The molecule has 5 heterocycles. The number of piperazine rings is 1. The number of nitrogens with zero attached hydrogens (tertiary/aromatic N) is 7. The molecule has 0 amide bonds. The summed E-state index contributed by atoms with van der Waals surface area (Å²) >= 11 is 0. The Labute approximate surface area is 156 Å². The quantitative estimate of drug-likeness (QED) is 0.682. The zero-order chi connectivity index (χ0) is 18.2. The number of nitriles is 1. The van der Waals surface area contributed by atoms with E-state index in [9.17, 15) is 5.26 Å². The fourth-order valence-corrected chi connectivity index (χ4v) is 3.72. The molecule has 0 radical (unpaired) electrons. The van der Waals surface area contributed by atoms with E-state index in [-0.39, 0.29) is 0 Å². The van der Waals surface area contributed by atoms with E-state index in [2.05, 4.69) is 26.0 Å². The molecule has 2 aliphatic rings. The Hall–Kier alpha value is -3.18. The molecule has 0 spiro atoms. The van der Waals surface area contributed by atoms with Gasteiger partial charge in [-0.3, -0.25) is 0 Å². The van der Waals surface area contributed by atoms with Crippen LogP contribution < -0.4 is 9.80 Å². The van der Waals surface area contributed by atoms with Crippen molar-refractivity contribution in [1.29, 1.82) is 5.26 Å². The lowest BCUT2D eigenvalue weighted by atomic mass is 10.1. The monoisotopic (exact) mass is 361 g/mol. The molecule has 3 aromatic heterocycles. The van der Waals surface area contributed by atoms with Crippen molar-refractivity contribution in [3.63, 3.8) is 0 Å². The SMILES string of the molecule is N#Cc1cc2c(nc1N1CCN(c3ccc4nccn4n3)CC1)CCOC2. The summed E-state index contributed by atoms with van der Waals surface area (Å²) in [5.74, 6) is 1.74. The van der Waals surface area contributed by atoms with Crippen LogP contribution in [-0.2, 0) is 17.8 Å². The molecule has 0 atom stereocenters. The molecule has 0 aromatic carbocycles. The number of rotatable bonds is 2. The van der Waals surface area contributed by atoms with Gasteiger partial charge in [-0.2, -0.15) is 5.26 Å². The van der Waals surface area contributed by atoms with Crippen LogP contribution in [0.3, 0.4) is 0 Å². The van der Waals surface area contributed by atoms with Gasteiger partial charge in [0, 0.05) is 50.6 Å². The standard InChI is InChI=1S/C19H19N7O/c20-12-14-11-15-13-27-10-3-16(15)22-19(14)25-8-6-24(7-9-25)18-2-1-17-21-4-5-26(17)23-18/h1-2,4-5,11H,3,6-10,13H2. The molecule has 0 unspecified atom stereocenters. The van der Waals surface area contributed by atoms with Crippen LogP contribution in [0, 0.1) is 11.3 Å². The Morgan fingerprint density at radius 1 is 1.11 bits per heavy atom. The van der Waals surface area contributed by atoms with Crippen molar-refractivity contribution in [3.05, 3.63) is 47.4 Å². The first kappa shape index (κ1) is 16.0. The summed E-state index contributed by atoms with van der Waals surface area (Å²) in [7, 11) is 0. The normalized spacial score (nSPS) is 17.0. The van der Waals surface area contributed by atoms with Gasteiger partial charge in [0.15, 0.2) is 5.65 Å². The highest BCUT2D eigenvalue weighted by atomic mass is 16.5. The summed E-state index contributed by atoms with van der Waals surface area (Å²) in [4.78, 5) is 13.5. The largest absolute Gasteiger partial charge is 0.376 e. The molecule has 8 heteroatoms. The predicted molar refractivity (Wildman–Crippen MR) is 99.7 cm³/mol. The molecular weight excluding hydrogens is 342 g/mol. The smallest absolute Gasteiger partial charge is 0.153 e. The Balaban J connectivity index is 1.36. The predicted octanol–water partition coefficient (Wildman–Crippen LogP) is 1.40. The minimum atomic E-state index is 0.549. The first-order valence-electron chi connectivity index (χ1n) is 9.13. The molecule has 0 saturated carbocycles. The zero-order valence-corrected chi connectivity index (χ0v) is 14.9. The fourth-order valence-electron chi connectivity index (χ4n) is 3.72. The van der Waals surface area contributed by atoms with Crippen LogP contribution in [0.4, 0.5) is 11.6 Å². The van der Waals surface area contributed by atoms with E-state index in [0.717, 1.165) is 61.1 Å². The number of pyridine rings is 1. The number of ether oxygens (including phenoxy) is 1. The minimum Gasteiger partial charge on any atom is -0.376 e. The van der Waals surface area contributed by atoms with Gasteiger partial charge in [0.2, 0.25) is 0 Å². The molecule has 1 saturated heterocycles. The highest BCUT2D eigenvalue weighted by Crippen LogP contribution is 2.26. The summed E-state index contributed by atoms with van der Waals surface area (Å²) in [6, 6.07) is 8.24. The van der Waals surface area contributed by atoms with Crippen molar-refractivity contribution in [2.75, 3.05) is 42.6 Å². The average Bonchev–Trinajstić information content (AvgIpc) is 3.21. The second kappa shape index (κ2) is 6.52. The molecule has 3 aromatic rings. The summed E-state index contributed by atoms with van der Waals surface area (Å²) in [5, 5.41) is 14.2. The second-order valence-electron chi connectivity index (χ2n) is 6.78. The van der Waals surface area contributed by atoms with Crippen LogP contribution in [0.15, 0.2) is 30.6 Å². The summed E-state index contributed by atoms with van der Waals surface area (Å²) in [6.45, 7) is 4.52. The van der Waals surface area contributed by atoms with Gasteiger partial charge in [0.1, 0.15) is 17.7 Å². The molecule has 136 valence electrons. The van der Waals surface area contributed by atoms with Crippen molar-refractivity contribution in [1.82, 2.24) is 19.6 Å². The number of hydrogen-bond acceptors (Lipinski definition) is 7. The van der Waals surface area contributed by atoms with Crippen molar-refractivity contribution in [2.45, 2.75) is 13.0 Å². The van der Waals surface area contributed by atoms with Crippen LogP contribution in [0.1, 0.15) is 16.8 Å². The molecule has 8 nitrogen and oxygen atoms in total. The topological polar surface area (TPSA) is 82.6 Å². The van der Waals surface area contributed by atoms with Gasteiger partial charge in [-0.1, -0.05) is 0 Å². The Kier molecular flexibility index (Phi) is 3.87. The van der Waals surface area contributed by atoms with E-state index in [1.165, 1.54) is 0 Å². The lowest BCUT2D eigenvalue weighted by Crippen LogP contribution is -2.47. The molecule has 2 aliphatic heterocycles. The van der Waals surface area contributed by atoms with E-state index in [1.54, 1.807) is 10.7 Å². The fraction of sp³-hybridized carbons (Fsp3) is 0.368. The number of aromatic nitrogens is 4. The lowest BCUT2D eigenvalue weighted by molar-refractivity contribution is 0.109. The first-order chi connectivity index (χ1) is 13.3. The van der Waals surface area contributed by atoms with Crippen molar-refractivity contribution >= 4 is 17.3 Å². The van der Waals surface area contributed by atoms with Crippen molar-refractivity contribution in [2.24, 2.45) is 0 Å². The van der Waals surface area contributed by atoms with Gasteiger partial charge in [0.05, 0.1) is 24.5 Å². The molecule has 0 bridgehead atoms. The molecule has 5 rings (SSSR count). The summed E-state index contributed by atoms with van der Waals surface area (Å²) in [6.07, 6.45) is 4.41. The maximum atomic E-state index is 9.57. The van der Waals surface area contributed by atoms with Gasteiger partial charge in [0.25, 0.3) is 0 Å². The maximum absolute atomic E-state index is 9.57. The molecule has 0 N–H and O–H groups in total. The number of anilines is 2. The van der Waals surface area contributed by atoms with Gasteiger partial charge < -0.3 is 14.5 Å². The number of imidazole rings is 1. The maximum Gasteiger partial charge on any atom is 0.153 e. The van der Waals surface area contributed by atoms with Crippen LogP contribution in [0.5, 0.6) is 0 Å². The van der Waals surface area contributed by atoms with Crippen LogP contribution in [0.25, 0.3) is 5.65 Å². The summed E-state index contributed by atoms with van der Waals surface area (Å²) < 4.78 is 7.28. The van der Waals surface area contributed by atoms with Crippen molar-refractivity contribution < 1.29 is 4.74 Å². The Bertz CT molecular complexity index is 1030. The first-order valence-corrected chi connectivity index (χ1v) is 9.13.